The normalized spacial score (nSPS) is 18.0. The lowest BCUT2D eigenvalue weighted by Crippen LogP contribution is -2.34. The average Bonchev–Trinajstić information content (AvgIpc) is 3.18. The molecule has 0 saturated heterocycles. The first kappa shape index (κ1) is 15.0. The Hall–Kier alpha value is -2.53. The highest BCUT2D eigenvalue weighted by atomic mass is 16.5. The Bertz CT molecular complexity index is 837. The molecule has 124 valence electrons. The quantitative estimate of drug-likeness (QED) is 0.797. The maximum Gasteiger partial charge on any atom is 0.152 e. The van der Waals surface area contributed by atoms with Crippen molar-refractivity contribution in [2.24, 2.45) is 0 Å². The lowest BCUT2D eigenvalue weighted by atomic mass is 10.1. The van der Waals surface area contributed by atoms with E-state index < -0.39 is 0 Å². The molecule has 5 heteroatoms. The number of hydrogen-bond donors (Lipinski definition) is 1. The number of furan rings is 1. The van der Waals surface area contributed by atoms with Gasteiger partial charge in [-0.25, -0.2) is 0 Å². The van der Waals surface area contributed by atoms with Crippen LogP contribution in [-0.4, -0.2) is 27.7 Å². The summed E-state index contributed by atoms with van der Waals surface area (Å²) in [5.41, 5.74) is 3.31. The molecule has 5 nitrogen and oxygen atoms in total. The van der Waals surface area contributed by atoms with Crippen molar-refractivity contribution in [3.05, 3.63) is 59.5 Å². The summed E-state index contributed by atoms with van der Waals surface area (Å²) in [6.07, 6.45) is 1.89. The van der Waals surface area contributed by atoms with Crippen LogP contribution in [0.1, 0.15) is 23.8 Å². The first-order chi connectivity index (χ1) is 11.7. The minimum Gasteiger partial charge on any atom is -0.492 e. The average molecular weight is 323 g/mol. The van der Waals surface area contributed by atoms with Crippen molar-refractivity contribution in [1.29, 1.82) is 0 Å². The fourth-order valence-corrected chi connectivity index (χ4v) is 3.11. The van der Waals surface area contributed by atoms with Crippen LogP contribution >= 0.6 is 0 Å². The molecule has 0 aliphatic carbocycles. The molecular formula is C19H21N3O2. The van der Waals surface area contributed by atoms with E-state index in [0.717, 1.165) is 41.6 Å². The highest BCUT2D eigenvalue weighted by Gasteiger charge is 2.23. The van der Waals surface area contributed by atoms with Gasteiger partial charge in [0.15, 0.2) is 5.76 Å². The molecule has 24 heavy (non-hydrogen) atoms. The third kappa shape index (κ3) is 2.83. The van der Waals surface area contributed by atoms with E-state index in [1.54, 1.807) is 0 Å². The van der Waals surface area contributed by atoms with Crippen molar-refractivity contribution in [3.8, 4) is 17.2 Å². The summed E-state index contributed by atoms with van der Waals surface area (Å²) in [5, 5.41) is 7.30. The lowest BCUT2D eigenvalue weighted by molar-refractivity contribution is 0.151. The Morgan fingerprint density at radius 2 is 2.12 bits per heavy atom. The maximum absolute atomic E-state index is 5.94. The molecule has 2 aromatic heterocycles. The Labute approximate surface area is 141 Å². The Morgan fingerprint density at radius 1 is 1.25 bits per heavy atom. The van der Waals surface area contributed by atoms with E-state index in [1.165, 1.54) is 5.56 Å². The molecule has 0 fully saturated rings. The zero-order chi connectivity index (χ0) is 16.5. The maximum atomic E-state index is 5.94. The molecule has 4 rings (SSSR count). The van der Waals surface area contributed by atoms with Crippen molar-refractivity contribution in [1.82, 2.24) is 15.1 Å². The molecule has 1 N–H and O–H groups in total. The van der Waals surface area contributed by atoms with Gasteiger partial charge in [0, 0.05) is 30.3 Å². The number of nitrogens with zero attached hydrogens (tertiary/aromatic N) is 2. The molecule has 1 aliphatic rings. The number of fused-ring (bicyclic) bond motifs is 1. The van der Waals surface area contributed by atoms with E-state index in [0.29, 0.717) is 12.6 Å². The topological polar surface area (TPSA) is 54.3 Å². The highest BCUT2D eigenvalue weighted by Crippen LogP contribution is 2.28. The fourth-order valence-electron chi connectivity index (χ4n) is 3.11. The van der Waals surface area contributed by atoms with Gasteiger partial charge in [-0.3, -0.25) is 10.00 Å². The summed E-state index contributed by atoms with van der Waals surface area (Å²) in [5.74, 6) is 2.72. The minimum atomic E-state index is 0.318. The van der Waals surface area contributed by atoms with Crippen molar-refractivity contribution < 1.29 is 9.15 Å². The van der Waals surface area contributed by atoms with Crippen LogP contribution in [0.5, 0.6) is 5.75 Å². The lowest BCUT2D eigenvalue weighted by Gasteiger charge is -2.25. The van der Waals surface area contributed by atoms with Crippen LogP contribution in [0.2, 0.25) is 0 Å². The second kappa shape index (κ2) is 6.17. The van der Waals surface area contributed by atoms with Crippen LogP contribution in [0, 0.1) is 6.92 Å². The van der Waals surface area contributed by atoms with Gasteiger partial charge < -0.3 is 9.15 Å². The predicted molar refractivity (Wildman–Crippen MR) is 91.7 cm³/mol. The minimum absolute atomic E-state index is 0.318. The second-order valence-electron chi connectivity index (χ2n) is 6.35. The number of para-hydroxylation sites is 1. The molecule has 0 bridgehead atoms. The van der Waals surface area contributed by atoms with Gasteiger partial charge in [-0.05, 0) is 32.0 Å². The Kier molecular flexibility index (Phi) is 3.86. The van der Waals surface area contributed by atoms with Gasteiger partial charge >= 0.3 is 0 Å². The predicted octanol–water partition coefficient (Wildman–Crippen LogP) is 3.76. The number of hydrogen-bond acceptors (Lipinski definition) is 4. The van der Waals surface area contributed by atoms with Crippen LogP contribution in [0.25, 0.3) is 11.5 Å². The molecule has 1 atom stereocenters. The van der Waals surface area contributed by atoms with Crippen molar-refractivity contribution in [2.45, 2.75) is 33.0 Å². The van der Waals surface area contributed by atoms with E-state index in [1.807, 2.05) is 37.4 Å². The number of benzene rings is 1. The number of rotatable bonds is 3. The molecule has 0 spiro atoms. The number of aryl methyl sites for hydroxylation is 1. The monoisotopic (exact) mass is 323 g/mol. The number of aromatic nitrogens is 2. The van der Waals surface area contributed by atoms with Gasteiger partial charge in [-0.15, -0.1) is 0 Å². The summed E-state index contributed by atoms with van der Waals surface area (Å²) < 4.78 is 11.7. The highest BCUT2D eigenvalue weighted by molar-refractivity contribution is 5.56. The number of nitrogens with one attached hydrogen (secondary N) is 1. The van der Waals surface area contributed by atoms with E-state index in [4.69, 9.17) is 9.15 Å². The van der Waals surface area contributed by atoms with Crippen LogP contribution in [0.15, 0.2) is 47.0 Å². The van der Waals surface area contributed by atoms with Gasteiger partial charge in [0.05, 0.1) is 6.20 Å². The smallest absolute Gasteiger partial charge is 0.152 e. The summed E-state index contributed by atoms with van der Waals surface area (Å²) in [6, 6.07) is 12.5. The summed E-state index contributed by atoms with van der Waals surface area (Å²) in [6.45, 7) is 6.49. The molecule has 3 aromatic rings. The standard InChI is InChI=1S/C19H21N3O2/c1-13-12-23-17-6-4-3-5-15(17)10-22(13)11-16-9-20-21-19(16)18-8-7-14(2)24-18/h3-9,13H,10-12H2,1-2H3,(H,20,21). The molecule has 0 radical (unpaired) electrons. The third-order valence-electron chi connectivity index (χ3n) is 4.53. The van der Waals surface area contributed by atoms with Crippen LogP contribution in [-0.2, 0) is 13.1 Å². The summed E-state index contributed by atoms with van der Waals surface area (Å²) in [4.78, 5) is 2.41. The van der Waals surface area contributed by atoms with Crippen molar-refractivity contribution in [3.63, 3.8) is 0 Å². The van der Waals surface area contributed by atoms with Gasteiger partial charge in [-0.2, -0.15) is 5.10 Å². The molecular weight excluding hydrogens is 302 g/mol. The van der Waals surface area contributed by atoms with Crippen LogP contribution in [0.4, 0.5) is 0 Å². The van der Waals surface area contributed by atoms with Gasteiger partial charge in [-0.1, -0.05) is 18.2 Å². The van der Waals surface area contributed by atoms with Crippen LogP contribution < -0.4 is 4.74 Å². The van der Waals surface area contributed by atoms with Crippen molar-refractivity contribution in [2.75, 3.05) is 6.61 Å². The van der Waals surface area contributed by atoms with Gasteiger partial charge in [0.1, 0.15) is 23.8 Å². The zero-order valence-electron chi connectivity index (χ0n) is 14.0. The SMILES string of the molecule is Cc1ccc(-c2[nH]ncc2CN2Cc3ccccc3OCC2C)o1. The third-order valence-corrected chi connectivity index (χ3v) is 4.53. The number of H-pyrrole nitrogens is 1. The molecule has 1 aliphatic heterocycles. The van der Waals surface area contributed by atoms with E-state index in [9.17, 15) is 0 Å². The molecule has 3 heterocycles. The first-order valence-corrected chi connectivity index (χ1v) is 8.24. The number of aromatic amines is 1. The van der Waals surface area contributed by atoms with Crippen LogP contribution in [0.3, 0.4) is 0 Å². The van der Waals surface area contributed by atoms with Gasteiger partial charge in [0.25, 0.3) is 0 Å². The first-order valence-electron chi connectivity index (χ1n) is 8.24. The van der Waals surface area contributed by atoms with E-state index in [-0.39, 0.29) is 0 Å². The van der Waals surface area contributed by atoms with Crippen molar-refractivity contribution >= 4 is 0 Å². The Morgan fingerprint density at radius 3 is 2.96 bits per heavy atom. The number of ether oxygens (including phenoxy) is 1. The van der Waals surface area contributed by atoms with E-state index in [2.05, 4.69) is 34.2 Å². The van der Waals surface area contributed by atoms with E-state index >= 15 is 0 Å². The molecule has 0 amide bonds. The largest absolute Gasteiger partial charge is 0.492 e. The zero-order valence-corrected chi connectivity index (χ0v) is 14.0. The van der Waals surface area contributed by atoms with Gasteiger partial charge in [0.2, 0.25) is 0 Å². The summed E-state index contributed by atoms with van der Waals surface area (Å²) in [7, 11) is 0. The molecule has 1 aromatic carbocycles. The fraction of sp³-hybridized carbons (Fsp3) is 0.316. The second-order valence-corrected chi connectivity index (χ2v) is 6.35. The molecule has 1 unspecified atom stereocenters. The molecule has 0 saturated carbocycles. The Balaban J connectivity index is 1.60. The summed E-state index contributed by atoms with van der Waals surface area (Å²) >= 11 is 0.